The second-order valence-electron chi connectivity index (χ2n) is 3.91. The minimum absolute atomic E-state index is 0.230. The molecule has 106 valence electrons. The van der Waals surface area contributed by atoms with Gasteiger partial charge in [-0.15, -0.1) is 0 Å². The van der Waals surface area contributed by atoms with Crippen molar-refractivity contribution < 1.29 is 14.6 Å². The van der Waals surface area contributed by atoms with Gasteiger partial charge < -0.3 is 14.6 Å². The molecule has 1 heterocycles. The summed E-state index contributed by atoms with van der Waals surface area (Å²) in [5.74, 6) is 0.557. The average molecular weight is 404 g/mol. The van der Waals surface area contributed by atoms with Crippen molar-refractivity contribution in [1.82, 2.24) is 9.97 Å². The summed E-state index contributed by atoms with van der Waals surface area (Å²) in [6.45, 7) is 0. The maximum atomic E-state index is 10.5. The maximum Gasteiger partial charge on any atom is 0.241 e. The summed E-state index contributed by atoms with van der Waals surface area (Å²) in [6.07, 6.45) is 0.492. The Morgan fingerprint density at radius 1 is 1.10 bits per heavy atom. The van der Waals surface area contributed by atoms with Crippen LogP contribution in [0.4, 0.5) is 0 Å². The first-order valence-corrected chi connectivity index (χ1v) is 7.22. The zero-order valence-electron chi connectivity index (χ0n) is 10.8. The Kier molecular flexibility index (Phi) is 4.95. The molecule has 0 bridgehead atoms. The SMILES string of the molecule is COc1cnc(C(O)c2cc(Br)cc(Br)c2)c(OC)n1. The van der Waals surface area contributed by atoms with Crippen LogP contribution in [-0.2, 0) is 0 Å². The van der Waals surface area contributed by atoms with Gasteiger partial charge in [-0.1, -0.05) is 31.9 Å². The molecule has 20 heavy (non-hydrogen) atoms. The van der Waals surface area contributed by atoms with Crippen molar-refractivity contribution in [3.05, 3.63) is 44.6 Å². The van der Waals surface area contributed by atoms with Crippen molar-refractivity contribution in [2.24, 2.45) is 0 Å². The third kappa shape index (κ3) is 3.28. The highest BCUT2D eigenvalue weighted by atomic mass is 79.9. The lowest BCUT2D eigenvalue weighted by atomic mass is 10.1. The fraction of sp³-hybridized carbons (Fsp3) is 0.231. The van der Waals surface area contributed by atoms with Crippen molar-refractivity contribution >= 4 is 31.9 Å². The minimum Gasteiger partial charge on any atom is -0.480 e. The van der Waals surface area contributed by atoms with Crippen LogP contribution in [0.5, 0.6) is 11.8 Å². The fourth-order valence-electron chi connectivity index (χ4n) is 1.69. The molecular weight excluding hydrogens is 392 g/mol. The Morgan fingerprint density at radius 3 is 2.30 bits per heavy atom. The first-order chi connectivity index (χ1) is 9.55. The molecule has 0 amide bonds. The van der Waals surface area contributed by atoms with Gasteiger partial charge in [-0.05, 0) is 23.8 Å². The van der Waals surface area contributed by atoms with Crippen molar-refractivity contribution in [2.75, 3.05) is 14.2 Å². The molecule has 5 nitrogen and oxygen atoms in total. The molecule has 1 atom stereocenters. The number of nitrogens with zero attached hydrogens (tertiary/aromatic N) is 2. The summed E-state index contributed by atoms with van der Waals surface area (Å²) in [5, 5.41) is 10.5. The van der Waals surface area contributed by atoms with Gasteiger partial charge in [0.15, 0.2) is 0 Å². The topological polar surface area (TPSA) is 64.5 Å². The van der Waals surface area contributed by atoms with E-state index in [4.69, 9.17) is 9.47 Å². The Labute approximate surface area is 133 Å². The highest BCUT2D eigenvalue weighted by Crippen LogP contribution is 2.31. The first kappa shape index (κ1) is 15.2. The maximum absolute atomic E-state index is 10.5. The number of rotatable bonds is 4. The van der Waals surface area contributed by atoms with E-state index in [0.717, 1.165) is 8.95 Å². The normalized spacial score (nSPS) is 12.1. The van der Waals surface area contributed by atoms with Crippen LogP contribution in [0.15, 0.2) is 33.3 Å². The first-order valence-electron chi connectivity index (χ1n) is 5.64. The predicted octanol–water partition coefficient (Wildman–Crippen LogP) is 3.10. The molecule has 1 aromatic carbocycles. The van der Waals surface area contributed by atoms with Crippen LogP contribution in [0.3, 0.4) is 0 Å². The molecular formula is C13H12Br2N2O3. The molecule has 1 unspecified atom stereocenters. The smallest absolute Gasteiger partial charge is 0.241 e. The quantitative estimate of drug-likeness (QED) is 0.849. The summed E-state index contributed by atoms with van der Waals surface area (Å²) in [7, 11) is 2.96. The van der Waals surface area contributed by atoms with Crippen LogP contribution < -0.4 is 9.47 Å². The summed E-state index contributed by atoms with van der Waals surface area (Å²) in [6, 6.07) is 5.49. The van der Waals surface area contributed by atoms with E-state index in [1.165, 1.54) is 20.4 Å². The predicted molar refractivity (Wildman–Crippen MR) is 81.0 cm³/mol. The second kappa shape index (κ2) is 6.51. The molecule has 0 aliphatic rings. The molecule has 0 fully saturated rings. The largest absolute Gasteiger partial charge is 0.480 e. The molecule has 0 radical (unpaired) electrons. The highest BCUT2D eigenvalue weighted by Gasteiger charge is 2.20. The van der Waals surface area contributed by atoms with E-state index in [-0.39, 0.29) is 5.88 Å². The van der Waals surface area contributed by atoms with Crippen molar-refractivity contribution in [3.63, 3.8) is 0 Å². The zero-order valence-corrected chi connectivity index (χ0v) is 14.0. The van der Waals surface area contributed by atoms with Gasteiger partial charge in [0.25, 0.3) is 0 Å². The minimum atomic E-state index is -0.947. The van der Waals surface area contributed by atoms with Crippen LogP contribution in [0.1, 0.15) is 17.4 Å². The standard InChI is InChI=1S/C13H12Br2N2O3/c1-19-10-6-16-11(13(17-10)20-2)12(18)7-3-8(14)5-9(15)4-7/h3-6,12,18H,1-2H3. The van der Waals surface area contributed by atoms with Gasteiger partial charge in [-0.2, -0.15) is 4.98 Å². The highest BCUT2D eigenvalue weighted by molar-refractivity contribution is 9.11. The van der Waals surface area contributed by atoms with Crippen LogP contribution in [-0.4, -0.2) is 29.3 Å². The number of benzene rings is 1. The lowest BCUT2D eigenvalue weighted by Crippen LogP contribution is -2.07. The molecule has 1 N–H and O–H groups in total. The third-order valence-corrected chi connectivity index (χ3v) is 3.52. The van der Waals surface area contributed by atoms with Crippen LogP contribution in [0.2, 0.25) is 0 Å². The van der Waals surface area contributed by atoms with Crippen molar-refractivity contribution in [2.45, 2.75) is 6.10 Å². The van der Waals surface area contributed by atoms with Gasteiger partial charge in [-0.25, -0.2) is 4.98 Å². The molecule has 0 saturated carbocycles. The fourth-order valence-corrected chi connectivity index (χ4v) is 3.02. The molecule has 0 aliphatic heterocycles. The lowest BCUT2D eigenvalue weighted by molar-refractivity contribution is 0.206. The molecule has 0 spiro atoms. The van der Waals surface area contributed by atoms with Crippen molar-refractivity contribution in [3.8, 4) is 11.8 Å². The monoisotopic (exact) mass is 402 g/mol. The van der Waals surface area contributed by atoms with Gasteiger partial charge in [0.05, 0.1) is 20.4 Å². The number of methoxy groups -OCH3 is 2. The van der Waals surface area contributed by atoms with E-state index in [9.17, 15) is 5.11 Å². The number of halogens is 2. The van der Waals surface area contributed by atoms with E-state index in [0.29, 0.717) is 17.1 Å². The summed E-state index contributed by atoms with van der Waals surface area (Å²) >= 11 is 6.77. The van der Waals surface area contributed by atoms with Crippen LogP contribution >= 0.6 is 31.9 Å². The van der Waals surface area contributed by atoms with Gasteiger partial charge in [-0.3, -0.25) is 0 Å². The molecule has 0 saturated heterocycles. The number of hydrogen-bond donors (Lipinski definition) is 1. The number of hydrogen-bond acceptors (Lipinski definition) is 5. The molecule has 2 aromatic rings. The summed E-state index contributed by atoms with van der Waals surface area (Å²) in [4.78, 5) is 8.27. The van der Waals surface area contributed by atoms with Crippen LogP contribution in [0, 0.1) is 0 Å². The Morgan fingerprint density at radius 2 is 1.75 bits per heavy atom. The Balaban J connectivity index is 2.44. The van der Waals surface area contributed by atoms with Gasteiger partial charge >= 0.3 is 0 Å². The number of aliphatic hydroxyl groups excluding tert-OH is 1. The van der Waals surface area contributed by atoms with Gasteiger partial charge in [0.2, 0.25) is 11.8 Å². The van der Waals surface area contributed by atoms with Gasteiger partial charge in [0, 0.05) is 8.95 Å². The van der Waals surface area contributed by atoms with E-state index in [1.54, 1.807) is 12.1 Å². The Bertz CT molecular complexity index is 602. The second-order valence-corrected chi connectivity index (χ2v) is 5.74. The van der Waals surface area contributed by atoms with Crippen molar-refractivity contribution in [1.29, 1.82) is 0 Å². The number of aromatic nitrogens is 2. The molecule has 2 rings (SSSR count). The molecule has 0 aliphatic carbocycles. The van der Waals surface area contributed by atoms with E-state index in [1.807, 2.05) is 6.07 Å². The third-order valence-electron chi connectivity index (χ3n) is 2.61. The summed E-state index contributed by atoms with van der Waals surface area (Å²) < 4.78 is 11.8. The van der Waals surface area contributed by atoms with Crippen LogP contribution in [0.25, 0.3) is 0 Å². The molecule has 7 heteroatoms. The lowest BCUT2D eigenvalue weighted by Gasteiger charge is -2.14. The number of aliphatic hydroxyl groups is 1. The number of ether oxygens (including phenoxy) is 2. The van der Waals surface area contributed by atoms with E-state index in [2.05, 4.69) is 41.8 Å². The van der Waals surface area contributed by atoms with E-state index < -0.39 is 6.10 Å². The zero-order chi connectivity index (χ0) is 14.7. The summed E-state index contributed by atoms with van der Waals surface area (Å²) in [5.41, 5.74) is 1.00. The average Bonchev–Trinajstić information content (AvgIpc) is 2.44. The Hall–Kier alpha value is -1.18. The van der Waals surface area contributed by atoms with E-state index >= 15 is 0 Å². The molecule has 1 aromatic heterocycles. The van der Waals surface area contributed by atoms with Gasteiger partial charge in [0.1, 0.15) is 11.8 Å².